The van der Waals surface area contributed by atoms with E-state index >= 15 is 0 Å². The van der Waals surface area contributed by atoms with Crippen molar-refractivity contribution in [2.75, 3.05) is 31.2 Å². The standard InChI is InChI=1S/C30H35N3O3/c1-19-17-33(18-20(2)36-19)29-15-22(8-11-31-29)25-6-7-26-27(25)16-28(21-9-12-35-13-10-21)32-30(26)23-4-3-5-24(34)14-23/h3-5,8,11,14-16,19-21,25,34H,6-7,9-10,12-13,17-18H2,1-2H3. The van der Waals surface area contributed by atoms with Crippen LogP contribution in [0.5, 0.6) is 5.75 Å². The molecule has 3 atom stereocenters. The van der Waals surface area contributed by atoms with Gasteiger partial charge >= 0.3 is 0 Å². The zero-order valence-corrected chi connectivity index (χ0v) is 21.2. The predicted molar refractivity (Wildman–Crippen MR) is 141 cm³/mol. The molecule has 0 bridgehead atoms. The van der Waals surface area contributed by atoms with Gasteiger partial charge in [0.15, 0.2) is 0 Å². The van der Waals surface area contributed by atoms with Crippen molar-refractivity contribution in [1.29, 1.82) is 0 Å². The number of phenols is 1. The molecule has 6 rings (SSSR count). The van der Waals surface area contributed by atoms with E-state index in [1.54, 1.807) is 6.07 Å². The Morgan fingerprint density at radius 2 is 1.78 bits per heavy atom. The number of rotatable bonds is 4. The maximum absolute atomic E-state index is 10.2. The highest BCUT2D eigenvalue weighted by molar-refractivity contribution is 5.68. The zero-order chi connectivity index (χ0) is 24.6. The van der Waals surface area contributed by atoms with E-state index in [-0.39, 0.29) is 18.0 Å². The molecule has 0 amide bonds. The minimum atomic E-state index is 0.198. The van der Waals surface area contributed by atoms with Crippen molar-refractivity contribution in [3.05, 3.63) is 71.0 Å². The van der Waals surface area contributed by atoms with E-state index in [9.17, 15) is 5.11 Å². The number of pyridine rings is 2. The highest BCUT2D eigenvalue weighted by Gasteiger charge is 2.31. The molecule has 3 aliphatic rings. The Hall–Kier alpha value is -2.96. The summed E-state index contributed by atoms with van der Waals surface area (Å²) in [7, 11) is 0. The van der Waals surface area contributed by atoms with Gasteiger partial charge in [-0.25, -0.2) is 4.98 Å². The Balaban J connectivity index is 1.40. The molecule has 0 radical (unpaired) electrons. The van der Waals surface area contributed by atoms with Crippen LogP contribution in [0.25, 0.3) is 11.3 Å². The first-order chi connectivity index (χ1) is 17.5. The van der Waals surface area contributed by atoms with Crippen LogP contribution in [0.4, 0.5) is 5.82 Å². The Morgan fingerprint density at radius 3 is 2.56 bits per heavy atom. The predicted octanol–water partition coefficient (Wildman–Crippen LogP) is 5.43. The number of benzene rings is 1. The molecule has 188 valence electrons. The van der Waals surface area contributed by atoms with Crippen LogP contribution >= 0.6 is 0 Å². The van der Waals surface area contributed by atoms with Gasteiger partial charge in [0.1, 0.15) is 11.6 Å². The molecule has 1 aliphatic carbocycles. The molecule has 3 unspecified atom stereocenters. The first kappa shape index (κ1) is 23.4. The molecule has 4 heterocycles. The van der Waals surface area contributed by atoms with Gasteiger partial charge in [-0.3, -0.25) is 4.98 Å². The topological polar surface area (TPSA) is 67.7 Å². The summed E-state index contributed by atoms with van der Waals surface area (Å²) in [6.45, 7) is 7.57. The van der Waals surface area contributed by atoms with Crippen LogP contribution in [0.15, 0.2) is 48.7 Å². The lowest BCUT2D eigenvalue weighted by atomic mass is 9.88. The maximum Gasteiger partial charge on any atom is 0.128 e. The third-order valence-electron chi connectivity index (χ3n) is 7.91. The average Bonchev–Trinajstić information content (AvgIpc) is 3.32. The van der Waals surface area contributed by atoms with E-state index in [0.29, 0.717) is 11.8 Å². The minimum absolute atomic E-state index is 0.198. The number of morpholine rings is 1. The van der Waals surface area contributed by atoms with Gasteiger partial charge in [-0.15, -0.1) is 0 Å². The third kappa shape index (κ3) is 4.60. The van der Waals surface area contributed by atoms with Crippen LogP contribution in [0, 0.1) is 0 Å². The average molecular weight is 486 g/mol. The fourth-order valence-electron chi connectivity index (χ4n) is 6.26. The van der Waals surface area contributed by atoms with E-state index in [4.69, 9.17) is 19.4 Å². The molecule has 1 N–H and O–H groups in total. The van der Waals surface area contributed by atoms with E-state index in [2.05, 4.69) is 43.0 Å². The fraction of sp³-hybridized carbons (Fsp3) is 0.467. The summed E-state index contributed by atoms with van der Waals surface area (Å²) in [5.74, 6) is 2.04. The molecule has 6 heteroatoms. The molecule has 1 aromatic carbocycles. The maximum atomic E-state index is 10.2. The third-order valence-corrected chi connectivity index (χ3v) is 7.91. The lowest BCUT2D eigenvalue weighted by Gasteiger charge is -2.36. The van der Waals surface area contributed by atoms with Crippen LogP contribution in [0.3, 0.4) is 0 Å². The molecule has 2 aliphatic heterocycles. The van der Waals surface area contributed by atoms with Gasteiger partial charge in [-0.2, -0.15) is 0 Å². The Morgan fingerprint density at radius 1 is 0.972 bits per heavy atom. The number of nitrogens with zero attached hydrogens (tertiary/aromatic N) is 3. The molecular weight excluding hydrogens is 450 g/mol. The van der Waals surface area contributed by atoms with Crippen molar-refractivity contribution < 1.29 is 14.6 Å². The first-order valence-electron chi connectivity index (χ1n) is 13.3. The Kier molecular flexibility index (Phi) is 6.40. The number of phenolic OH excluding ortho intramolecular Hbond substituents is 1. The Labute approximate surface area is 213 Å². The number of hydrogen-bond acceptors (Lipinski definition) is 6. The number of aromatic nitrogens is 2. The summed E-state index contributed by atoms with van der Waals surface area (Å²) >= 11 is 0. The monoisotopic (exact) mass is 485 g/mol. The van der Waals surface area contributed by atoms with E-state index < -0.39 is 0 Å². The summed E-state index contributed by atoms with van der Waals surface area (Å²) < 4.78 is 11.6. The summed E-state index contributed by atoms with van der Waals surface area (Å²) in [6, 6.07) is 14.4. The van der Waals surface area contributed by atoms with Crippen LogP contribution < -0.4 is 4.90 Å². The lowest BCUT2D eigenvalue weighted by molar-refractivity contribution is -0.00546. The van der Waals surface area contributed by atoms with Gasteiger partial charge < -0.3 is 19.5 Å². The highest BCUT2D eigenvalue weighted by atomic mass is 16.5. The van der Waals surface area contributed by atoms with Gasteiger partial charge in [-0.1, -0.05) is 12.1 Å². The number of anilines is 1. The van der Waals surface area contributed by atoms with Crippen LogP contribution in [0.2, 0.25) is 0 Å². The normalized spacial score (nSPS) is 24.6. The summed E-state index contributed by atoms with van der Waals surface area (Å²) in [6.07, 6.45) is 6.40. The quantitative estimate of drug-likeness (QED) is 0.531. The SMILES string of the molecule is CC1CN(c2cc(C3CCc4c3cc(C3CCOCC3)nc4-c3cccc(O)c3)ccn2)CC(C)O1. The second kappa shape index (κ2) is 9.83. The zero-order valence-electron chi connectivity index (χ0n) is 21.2. The van der Waals surface area contributed by atoms with Crippen molar-refractivity contribution in [2.24, 2.45) is 0 Å². The van der Waals surface area contributed by atoms with Gasteiger partial charge in [0.25, 0.3) is 0 Å². The number of aromatic hydroxyl groups is 1. The van der Waals surface area contributed by atoms with Crippen molar-refractivity contribution >= 4 is 5.82 Å². The first-order valence-corrected chi connectivity index (χ1v) is 13.3. The molecule has 0 saturated carbocycles. The second-order valence-corrected chi connectivity index (χ2v) is 10.6. The van der Waals surface area contributed by atoms with Gasteiger partial charge in [0.2, 0.25) is 0 Å². The van der Waals surface area contributed by atoms with Crippen LogP contribution in [-0.4, -0.2) is 53.6 Å². The van der Waals surface area contributed by atoms with E-state index in [1.807, 2.05) is 18.3 Å². The number of ether oxygens (including phenoxy) is 2. The summed E-state index contributed by atoms with van der Waals surface area (Å²) in [5.41, 5.74) is 7.19. The molecule has 0 spiro atoms. The lowest BCUT2D eigenvalue weighted by Crippen LogP contribution is -2.45. The smallest absolute Gasteiger partial charge is 0.128 e. The van der Waals surface area contributed by atoms with Crippen molar-refractivity contribution in [2.45, 2.75) is 63.6 Å². The number of hydrogen-bond donors (Lipinski definition) is 1. The fourth-order valence-corrected chi connectivity index (χ4v) is 6.26. The van der Waals surface area contributed by atoms with E-state index in [0.717, 1.165) is 74.8 Å². The van der Waals surface area contributed by atoms with Crippen molar-refractivity contribution in [1.82, 2.24) is 9.97 Å². The molecule has 36 heavy (non-hydrogen) atoms. The second-order valence-electron chi connectivity index (χ2n) is 10.6. The van der Waals surface area contributed by atoms with Crippen LogP contribution in [-0.2, 0) is 15.9 Å². The van der Waals surface area contributed by atoms with Gasteiger partial charge in [0.05, 0.1) is 17.9 Å². The van der Waals surface area contributed by atoms with Gasteiger partial charge in [0, 0.05) is 55.6 Å². The van der Waals surface area contributed by atoms with Crippen molar-refractivity contribution in [3.8, 4) is 17.0 Å². The summed E-state index contributed by atoms with van der Waals surface area (Å²) in [5, 5.41) is 10.2. The number of fused-ring (bicyclic) bond motifs is 1. The molecule has 2 saturated heterocycles. The molecular formula is C30H35N3O3. The highest BCUT2D eigenvalue weighted by Crippen LogP contribution is 2.44. The largest absolute Gasteiger partial charge is 0.508 e. The molecule has 6 nitrogen and oxygen atoms in total. The van der Waals surface area contributed by atoms with E-state index in [1.165, 1.54) is 16.7 Å². The molecule has 2 fully saturated rings. The van der Waals surface area contributed by atoms with Gasteiger partial charge in [-0.05, 0) is 86.6 Å². The minimum Gasteiger partial charge on any atom is -0.508 e. The van der Waals surface area contributed by atoms with Crippen molar-refractivity contribution in [3.63, 3.8) is 0 Å². The Bertz CT molecular complexity index is 1230. The molecule has 3 aromatic rings. The van der Waals surface area contributed by atoms with Crippen LogP contribution in [0.1, 0.15) is 67.3 Å². The molecule has 2 aromatic heterocycles. The summed E-state index contributed by atoms with van der Waals surface area (Å²) in [4.78, 5) is 12.3.